The molecule has 1 unspecified atom stereocenters. The van der Waals surface area contributed by atoms with Gasteiger partial charge in [-0.15, -0.1) is 0 Å². The van der Waals surface area contributed by atoms with Crippen molar-refractivity contribution in [2.75, 3.05) is 44.2 Å². The third-order valence-electron chi connectivity index (χ3n) is 6.51. The number of pyridine rings is 1. The van der Waals surface area contributed by atoms with E-state index in [0.29, 0.717) is 35.5 Å². The minimum absolute atomic E-state index is 0.282. The van der Waals surface area contributed by atoms with Crippen LogP contribution >= 0.6 is 7.14 Å². The Morgan fingerprint density at radius 1 is 1.19 bits per heavy atom. The van der Waals surface area contributed by atoms with Gasteiger partial charge in [-0.1, -0.05) is 6.07 Å². The summed E-state index contributed by atoms with van der Waals surface area (Å²) in [5.74, 6) is 2.55. The van der Waals surface area contributed by atoms with Gasteiger partial charge in [0, 0.05) is 36.3 Å². The highest BCUT2D eigenvalue weighted by molar-refractivity contribution is 7.69. The molecule has 0 amide bonds. The highest BCUT2D eigenvalue weighted by Gasteiger charge is 2.28. The smallest absolute Gasteiger partial charge is 0.229 e. The first-order valence-electron chi connectivity index (χ1n) is 12.1. The number of rotatable bonds is 5. The maximum atomic E-state index is 12.4. The summed E-state index contributed by atoms with van der Waals surface area (Å²) >= 11 is 0. The van der Waals surface area contributed by atoms with Crippen molar-refractivity contribution < 1.29 is 9.30 Å². The largest absolute Gasteiger partial charge is 0.493 e. The van der Waals surface area contributed by atoms with Crippen LogP contribution in [0.2, 0.25) is 0 Å². The standard InChI is InChI=1S/C26H30N7O2P/c1-33-15-17-7-4-5-10-35-21-12-20(11-18(16-33)24(17)21)29-26-28-14-19(13-27)25(32-26)31-22-8-6-9-23(30-22)36(2,3)34/h6,8-9,11-12,14,17H,4-5,7,10,15-16H2,1-3H3,(H2,28,29,30,31,32). The zero-order valence-corrected chi connectivity index (χ0v) is 21.7. The summed E-state index contributed by atoms with van der Waals surface area (Å²) < 4.78 is 18.6. The van der Waals surface area contributed by atoms with E-state index >= 15 is 0 Å². The van der Waals surface area contributed by atoms with E-state index in [2.05, 4.69) is 49.7 Å². The van der Waals surface area contributed by atoms with Crippen LogP contribution in [0.3, 0.4) is 0 Å². The van der Waals surface area contributed by atoms with Crippen LogP contribution in [-0.4, -0.2) is 53.4 Å². The van der Waals surface area contributed by atoms with Crippen LogP contribution in [0.4, 0.5) is 23.3 Å². The van der Waals surface area contributed by atoms with Crippen molar-refractivity contribution in [2.24, 2.45) is 0 Å². The lowest BCUT2D eigenvalue weighted by Crippen LogP contribution is -2.31. The second-order valence-corrected chi connectivity index (χ2v) is 13.0. The lowest BCUT2D eigenvalue weighted by Gasteiger charge is -2.35. The Morgan fingerprint density at radius 2 is 2.06 bits per heavy atom. The molecular weight excluding hydrogens is 473 g/mol. The van der Waals surface area contributed by atoms with Crippen molar-refractivity contribution in [1.82, 2.24) is 19.9 Å². The third-order valence-corrected chi connectivity index (χ3v) is 7.86. The van der Waals surface area contributed by atoms with E-state index < -0.39 is 7.14 Å². The molecule has 0 fully saturated rings. The van der Waals surface area contributed by atoms with E-state index in [9.17, 15) is 9.83 Å². The number of hydrogen-bond donors (Lipinski definition) is 2. The Labute approximate surface area is 211 Å². The molecule has 10 heteroatoms. The molecule has 0 aliphatic carbocycles. The van der Waals surface area contributed by atoms with E-state index in [1.807, 2.05) is 6.07 Å². The number of ether oxygens (including phenoxy) is 1. The SMILES string of the molecule is CN1Cc2cc(Nc3ncc(C#N)c(Nc4cccc(P(C)(C)=O)n4)n3)cc3c2C(CCCCO3)C1. The Balaban J connectivity index is 1.45. The molecule has 1 aromatic carbocycles. The number of anilines is 4. The summed E-state index contributed by atoms with van der Waals surface area (Å²) in [5.41, 5.74) is 4.22. The molecule has 0 spiro atoms. The molecule has 2 aliphatic rings. The maximum absolute atomic E-state index is 12.4. The molecule has 5 rings (SSSR count). The van der Waals surface area contributed by atoms with E-state index in [1.54, 1.807) is 31.5 Å². The van der Waals surface area contributed by atoms with Crippen LogP contribution in [0, 0.1) is 11.3 Å². The summed E-state index contributed by atoms with van der Waals surface area (Å²) in [6, 6.07) is 11.6. The highest BCUT2D eigenvalue weighted by atomic mass is 31.2. The topological polar surface area (TPSA) is 116 Å². The molecule has 2 aromatic heterocycles. The van der Waals surface area contributed by atoms with Crippen molar-refractivity contribution in [1.29, 1.82) is 5.26 Å². The van der Waals surface area contributed by atoms with Crippen molar-refractivity contribution in [3.05, 3.63) is 53.2 Å². The molecule has 0 saturated heterocycles. The number of nitrogens with one attached hydrogen (secondary N) is 2. The molecule has 0 saturated carbocycles. The summed E-state index contributed by atoms with van der Waals surface area (Å²) in [4.78, 5) is 15.7. The van der Waals surface area contributed by atoms with Gasteiger partial charge in [0.05, 0.1) is 12.8 Å². The summed E-state index contributed by atoms with van der Waals surface area (Å²) in [7, 11) is -0.372. The van der Waals surface area contributed by atoms with Crippen LogP contribution in [0.1, 0.15) is 41.9 Å². The summed E-state index contributed by atoms with van der Waals surface area (Å²) in [6.07, 6.45) is 4.89. The second-order valence-electron chi connectivity index (χ2n) is 9.83. The molecule has 0 radical (unpaired) electrons. The monoisotopic (exact) mass is 503 g/mol. The van der Waals surface area contributed by atoms with E-state index in [4.69, 9.17) is 4.74 Å². The Kier molecular flexibility index (Phi) is 6.65. The first-order valence-corrected chi connectivity index (χ1v) is 14.7. The molecule has 9 nitrogen and oxygen atoms in total. The second kappa shape index (κ2) is 9.88. The summed E-state index contributed by atoms with van der Waals surface area (Å²) in [5, 5.41) is 16.0. The molecule has 1 atom stereocenters. The van der Waals surface area contributed by atoms with Gasteiger partial charge in [0.25, 0.3) is 0 Å². The quantitative estimate of drug-likeness (QED) is 0.483. The molecule has 4 heterocycles. The minimum Gasteiger partial charge on any atom is -0.493 e. The molecule has 3 aromatic rings. The van der Waals surface area contributed by atoms with E-state index in [1.165, 1.54) is 30.2 Å². The Morgan fingerprint density at radius 3 is 2.86 bits per heavy atom. The average Bonchev–Trinajstić information content (AvgIpc) is 2.81. The molecule has 0 bridgehead atoms. The Hall–Kier alpha value is -3.47. The maximum Gasteiger partial charge on any atom is 0.229 e. The number of nitrogens with zero attached hydrogens (tertiary/aromatic N) is 5. The summed E-state index contributed by atoms with van der Waals surface area (Å²) in [6.45, 7) is 5.97. The Bertz CT molecular complexity index is 1360. The fourth-order valence-corrected chi connectivity index (χ4v) is 5.66. The van der Waals surface area contributed by atoms with Crippen LogP contribution in [0.5, 0.6) is 5.75 Å². The van der Waals surface area contributed by atoms with Crippen molar-refractivity contribution >= 4 is 35.8 Å². The van der Waals surface area contributed by atoms with Gasteiger partial charge in [0.2, 0.25) is 5.95 Å². The number of aromatic nitrogens is 3. The van der Waals surface area contributed by atoms with Gasteiger partial charge in [0.15, 0.2) is 5.82 Å². The highest BCUT2D eigenvalue weighted by Crippen LogP contribution is 2.41. The lowest BCUT2D eigenvalue weighted by molar-refractivity contribution is 0.238. The normalized spacial score (nSPS) is 17.7. The molecule has 36 heavy (non-hydrogen) atoms. The number of benzene rings is 1. The van der Waals surface area contributed by atoms with Gasteiger partial charge in [-0.05, 0) is 63.4 Å². The van der Waals surface area contributed by atoms with Crippen LogP contribution in [0.25, 0.3) is 0 Å². The van der Waals surface area contributed by atoms with Gasteiger partial charge in [-0.3, -0.25) is 0 Å². The number of likely N-dealkylation sites (N-methyl/N-ethyl adjacent to an activating group) is 1. The molecule has 186 valence electrons. The third kappa shape index (κ3) is 5.20. The molecular formula is C26H30N7O2P. The number of hydrogen-bond acceptors (Lipinski definition) is 9. The molecule has 2 N–H and O–H groups in total. The fraction of sp³-hybridized carbons (Fsp3) is 0.385. The zero-order valence-electron chi connectivity index (χ0n) is 20.8. The molecule has 2 aliphatic heterocycles. The van der Waals surface area contributed by atoms with Crippen LogP contribution in [0.15, 0.2) is 36.5 Å². The predicted octanol–water partition coefficient (Wildman–Crippen LogP) is 4.57. The van der Waals surface area contributed by atoms with Gasteiger partial charge in [0.1, 0.15) is 35.8 Å². The van der Waals surface area contributed by atoms with Gasteiger partial charge in [-0.25, -0.2) is 9.97 Å². The van der Waals surface area contributed by atoms with E-state index in [-0.39, 0.29) is 5.56 Å². The van der Waals surface area contributed by atoms with Crippen molar-refractivity contribution in [3.8, 4) is 11.8 Å². The lowest BCUT2D eigenvalue weighted by atomic mass is 9.84. The van der Waals surface area contributed by atoms with Gasteiger partial charge >= 0.3 is 0 Å². The predicted molar refractivity (Wildman–Crippen MR) is 142 cm³/mol. The van der Waals surface area contributed by atoms with E-state index in [0.717, 1.165) is 30.9 Å². The van der Waals surface area contributed by atoms with Gasteiger partial charge < -0.3 is 24.8 Å². The first kappa shape index (κ1) is 24.2. The van der Waals surface area contributed by atoms with Crippen molar-refractivity contribution in [2.45, 2.75) is 31.7 Å². The zero-order chi connectivity index (χ0) is 25.3. The number of nitriles is 1. The fourth-order valence-electron chi connectivity index (χ4n) is 4.87. The first-order chi connectivity index (χ1) is 17.3. The van der Waals surface area contributed by atoms with Crippen LogP contribution in [-0.2, 0) is 11.1 Å². The van der Waals surface area contributed by atoms with Crippen LogP contribution < -0.4 is 20.8 Å². The minimum atomic E-state index is -2.53. The van der Waals surface area contributed by atoms with Gasteiger partial charge in [-0.2, -0.15) is 10.2 Å². The average molecular weight is 504 g/mol. The van der Waals surface area contributed by atoms with Crippen molar-refractivity contribution in [3.63, 3.8) is 0 Å².